The second-order valence-corrected chi connectivity index (χ2v) is 5.92. The molecule has 2 saturated heterocycles. The lowest BCUT2D eigenvalue weighted by atomic mass is 10.0. The average Bonchev–Trinajstić information content (AvgIpc) is 3.23. The van der Waals surface area contributed by atoms with Gasteiger partial charge in [-0.05, 0) is 45.1 Å². The molecule has 3 fully saturated rings. The Morgan fingerprint density at radius 3 is 2.35 bits per heavy atom. The number of ether oxygens (including phenoxy) is 1. The Labute approximate surface area is 105 Å². The zero-order chi connectivity index (χ0) is 11.5. The van der Waals surface area contributed by atoms with E-state index in [0.29, 0.717) is 0 Å². The van der Waals surface area contributed by atoms with Crippen LogP contribution in [0.2, 0.25) is 0 Å². The monoisotopic (exact) mass is 238 g/mol. The summed E-state index contributed by atoms with van der Waals surface area (Å²) in [7, 11) is 0. The van der Waals surface area contributed by atoms with Gasteiger partial charge < -0.3 is 10.1 Å². The average molecular weight is 238 g/mol. The van der Waals surface area contributed by atoms with Gasteiger partial charge in [0.05, 0.1) is 0 Å². The molecule has 0 bridgehead atoms. The number of piperidine rings is 1. The molecular formula is C14H26N2O. The lowest BCUT2D eigenvalue weighted by molar-refractivity contribution is 0.0260. The normalized spacial score (nSPS) is 31.9. The lowest BCUT2D eigenvalue weighted by Crippen LogP contribution is -2.49. The molecule has 1 unspecified atom stereocenters. The summed E-state index contributed by atoms with van der Waals surface area (Å²) in [6.07, 6.45) is 9.55. The highest BCUT2D eigenvalue weighted by molar-refractivity contribution is 4.92. The molecule has 1 N–H and O–H groups in total. The first-order chi connectivity index (χ1) is 8.43. The van der Waals surface area contributed by atoms with Crippen molar-refractivity contribution in [1.82, 2.24) is 10.2 Å². The first kappa shape index (κ1) is 11.9. The molecule has 0 amide bonds. The maximum absolute atomic E-state index is 5.50. The standard InChI is InChI=1S/C14H26N2O/c1-2-8-15-12(3-1)11-16(13-4-5-13)14-6-9-17-10-7-14/h12-15H,1-11H2. The van der Waals surface area contributed by atoms with Crippen molar-refractivity contribution in [1.29, 1.82) is 0 Å². The lowest BCUT2D eigenvalue weighted by Gasteiger charge is -2.38. The van der Waals surface area contributed by atoms with E-state index in [-0.39, 0.29) is 0 Å². The van der Waals surface area contributed by atoms with Crippen molar-refractivity contribution in [2.75, 3.05) is 26.3 Å². The van der Waals surface area contributed by atoms with E-state index in [9.17, 15) is 0 Å². The molecule has 3 nitrogen and oxygen atoms in total. The van der Waals surface area contributed by atoms with Crippen molar-refractivity contribution >= 4 is 0 Å². The van der Waals surface area contributed by atoms with E-state index >= 15 is 0 Å². The summed E-state index contributed by atoms with van der Waals surface area (Å²) in [5.74, 6) is 0. The highest BCUT2D eigenvalue weighted by atomic mass is 16.5. The first-order valence-corrected chi connectivity index (χ1v) is 7.50. The van der Waals surface area contributed by atoms with Crippen molar-refractivity contribution in [3.05, 3.63) is 0 Å². The second-order valence-electron chi connectivity index (χ2n) is 5.92. The number of hydrogen-bond donors (Lipinski definition) is 1. The molecule has 0 aromatic heterocycles. The van der Waals surface area contributed by atoms with Crippen molar-refractivity contribution < 1.29 is 4.74 Å². The van der Waals surface area contributed by atoms with Crippen LogP contribution in [0.15, 0.2) is 0 Å². The molecule has 2 heterocycles. The Kier molecular flexibility index (Phi) is 3.99. The quantitative estimate of drug-likeness (QED) is 0.808. The third-order valence-electron chi connectivity index (χ3n) is 4.52. The highest BCUT2D eigenvalue weighted by Crippen LogP contribution is 2.32. The van der Waals surface area contributed by atoms with Gasteiger partial charge in [-0.25, -0.2) is 0 Å². The van der Waals surface area contributed by atoms with Crippen molar-refractivity contribution in [2.24, 2.45) is 0 Å². The van der Waals surface area contributed by atoms with E-state index < -0.39 is 0 Å². The summed E-state index contributed by atoms with van der Waals surface area (Å²) in [6, 6.07) is 2.47. The molecule has 3 rings (SSSR count). The van der Waals surface area contributed by atoms with E-state index in [1.165, 1.54) is 58.0 Å². The van der Waals surface area contributed by atoms with Crippen LogP contribution in [-0.2, 0) is 4.74 Å². The summed E-state index contributed by atoms with van der Waals surface area (Å²) < 4.78 is 5.50. The van der Waals surface area contributed by atoms with Gasteiger partial charge in [0.25, 0.3) is 0 Å². The van der Waals surface area contributed by atoms with Crippen LogP contribution in [0.5, 0.6) is 0 Å². The molecule has 0 aromatic carbocycles. The van der Waals surface area contributed by atoms with E-state index in [1.54, 1.807) is 0 Å². The molecule has 98 valence electrons. The van der Waals surface area contributed by atoms with Gasteiger partial charge in [-0.15, -0.1) is 0 Å². The Balaban J connectivity index is 1.55. The Bertz CT molecular complexity index is 230. The molecule has 0 spiro atoms. The summed E-state index contributed by atoms with van der Waals surface area (Å²) in [5.41, 5.74) is 0. The minimum Gasteiger partial charge on any atom is -0.381 e. The van der Waals surface area contributed by atoms with Gasteiger partial charge in [0.2, 0.25) is 0 Å². The topological polar surface area (TPSA) is 24.5 Å². The molecule has 17 heavy (non-hydrogen) atoms. The highest BCUT2D eigenvalue weighted by Gasteiger charge is 2.35. The van der Waals surface area contributed by atoms with Gasteiger partial charge >= 0.3 is 0 Å². The smallest absolute Gasteiger partial charge is 0.0480 e. The largest absolute Gasteiger partial charge is 0.381 e. The molecule has 1 aliphatic carbocycles. The molecule has 1 saturated carbocycles. The first-order valence-electron chi connectivity index (χ1n) is 7.50. The summed E-state index contributed by atoms with van der Waals surface area (Å²) in [4.78, 5) is 2.81. The van der Waals surface area contributed by atoms with Crippen LogP contribution in [-0.4, -0.2) is 49.3 Å². The van der Waals surface area contributed by atoms with Gasteiger partial charge in [0.1, 0.15) is 0 Å². The van der Waals surface area contributed by atoms with Crippen LogP contribution in [0.25, 0.3) is 0 Å². The fraction of sp³-hybridized carbons (Fsp3) is 1.00. The zero-order valence-corrected chi connectivity index (χ0v) is 10.9. The SMILES string of the molecule is C1CCC(CN(C2CCOCC2)C2CC2)NC1. The predicted molar refractivity (Wildman–Crippen MR) is 69.2 cm³/mol. The minimum absolute atomic E-state index is 0.757. The van der Waals surface area contributed by atoms with Crippen LogP contribution in [0.3, 0.4) is 0 Å². The Morgan fingerprint density at radius 2 is 1.71 bits per heavy atom. The number of nitrogens with zero attached hydrogens (tertiary/aromatic N) is 1. The van der Waals surface area contributed by atoms with Gasteiger partial charge in [0, 0.05) is 37.9 Å². The fourth-order valence-corrected chi connectivity index (χ4v) is 3.35. The van der Waals surface area contributed by atoms with E-state index in [0.717, 1.165) is 31.3 Å². The predicted octanol–water partition coefficient (Wildman–Crippen LogP) is 1.77. The van der Waals surface area contributed by atoms with Crippen molar-refractivity contribution in [3.63, 3.8) is 0 Å². The molecule has 0 radical (unpaired) electrons. The zero-order valence-electron chi connectivity index (χ0n) is 10.9. The Hall–Kier alpha value is -0.120. The molecule has 3 heteroatoms. The Morgan fingerprint density at radius 1 is 0.941 bits per heavy atom. The van der Waals surface area contributed by atoms with E-state index in [2.05, 4.69) is 10.2 Å². The van der Waals surface area contributed by atoms with Crippen LogP contribution < -0.4 is 5.32 Å². The van der Waals surface area contributed by atoms with Gasteiger partial charge in [0.15, 0.2) is 0 Å². The second kappa shape index (κ2) is 5.68. The van der Waals surface area contributed by atoms with Crippen molar-refractivity contribution in [2.45, 2.75) is 63.1 Å². The van der Waals surface area contributed by atoms with E-state index in [1.807, 2.05) is 0 Å². The van der Waals surface area contributed by atoms with Crippen LogP contribution in [0.4, 0.5) is 0 Å². The molecular weight excluding hydrogens is 212 g/mol. The summed E-state index contributed by atoms with van der Waals surface area (Å²) >= 11 is 0. The minimum atomic E-state index is 0.757. The van der Waals surface area contributed by atoms with Crippen LogP contribution in [0, 0.1) is 0 Å². The van der Waals surface area contributed by atoms with Crippen LogP contribution in [0.1, 0.15) is 44.9 Å². The van der Waals surface area contributed by atoms with Gasteiger partial charge in [-0.3, -0.25) is 4.90 Å². The van der Waals surface area contributed by atoms with E-state index in [4.69, 9.17) is 4.74 Å². The van der Waals surface area contributed by atoms with Crippen LogP contribution >= 0.6 is 0 Å². The van der Waals surface area contributed by atoms with Gasteiger partial charge in [-0.1, -0.05) is 6.42 Å². The fourth-order valence-electron chi connectivity index (χ4n) is 3.35. The number of rotatable bonds is 4. The summed E-state index contributed by atoms with van der Waals surface area (Å²) in [5, 5.41) is 3.70. The molecule has 3 aliphatic rings. The molecule has 0 aromatic rings. The summed E-state index contributed by atoms with van der Waals surface area (Å²) in [6.45, 7) is 4.48. The van der Waals surface area contributed by atoms with Crippen molar-refractivity contribution in [3.8, 4) is 0 Å². The number of hydrogen-bond acceptors (Lipinski definition) is 3. The third kappa shape index (κ3) is 3.21. The maximum atomic E-state index is 5.50. The third-order valence-corrected chi connectivity index (χ3v) is 4.52. The molecule has 1 atom stereocenters. The van der Waals surface area contributed by atoms with Gasteiger partial charge in [-0.2, -0.15) is 0 Å². The molecule has 2 aliphatic heterocycles. The maximum Gasteiger partial charge on any atom is 0.0480 e. The number of nitrogens with one attached hydrogen (secondary N) is 1.